The summed E-state index contributed by atoms with van der Waals surface area (Å²) in [6, 6.07) is 11.2. The van der Waals surface area contributed by atoms with E-state index in [4.69, 9.17) is 16.6 Å². The molecule has 1 spiro atoms. The number of hydrogen-bond acceptors (Lipinski definition) is 5. The Kier molecular flexibility index (Phi) is 12.6. The van der Waals surface area contributed by atoms with Gasteiger partial charge >= 0.3 is 29.6 Å². The van der Waals surface area contributed by atoms with Crippen molar-refractivity contribution in [2.45, 2.75) is 97.2 Å². The Morgan fingerprint density at radius 1 is 1.16 bits per heavy atom. The van der Waals surface area contributed by atoms with Gasteiger partial charge in [0.2, 0.25) is 0 Å². The van der Waals surface area contributed by atoms with Gasteiger partial charge in [-0.2, -0.15) is 0 Å². The summed E-state index contributed by atoms with van der Waals surface area (Å²) in [6.07, 6.45) is 6.70. The van der Waals surface area contributed by atoms with Crippen LogP contribution in [0.1, 0.15) is 113 Å². The molecule has 2 aromatic carbocycles. The van der Waals surface area contributed by atoms with Crippen molar-refractivity contribution in [3.63, 3.8) is 0 Å². The molecule has 10 heteroatoms. The summed E-state index contributed by atoms with van der Waals surface area (Å²) in [4.78, 5) is 44.8. The van der Waals surface area contributed by atoms with Crippen LogP contribution in [0.4, 0.5) is 4.39 Å². The van der Waals surface area contributed by atoms with Gasteiger partial charge in [0.05, 0.1) is 11.1 Å². The van der Waals surface area contributed by atoms with Gasteiger partial charge < -0.3 is 20.1 Å². The van der Waals surface area contributed by atoms with E-state index in [9.17, 15) is 23.9 Å². The summed E-state index contributed by atoms with van der Waals surface area (Å²) < 4.78 is 14.1. The Balaban J connectivity index is 0.00000529. The zero-order chi connectivity index (χ0) is 31.4. The van der Waals surface area contributed by atoms with Crippen molar-refractivity contribution in [3.05, 3.63) is 70.0 Å². The molecule has 0 aromatic heterocycles. The Bertz CT molecular complexity index is 1370. The normalized spacial score (nSPS) is 20.7. The van der Waals surface area contributed by atoms with Crippen molar-refractivity contribution < 1.29 is 53.4 Å². The van der Waals surface area contributed by atoms with Crippen LogP contribution in [0.15, 0.2) is 47.5 Å². The second-order valence-corrected chi connectivity index (χ2v) is 12.9. The molecule has 1 aliphatic carbocycles. The van der Waals surface area contributed by atoms with Crippen LogP contribution in [0.3, 0.4) is 0 Å². The molecule has 2 aliphatic rings. The second kappa shape index (κ2) is 15.4. The van der Waals surface area contributed by atoms with Gasteiger partial charge in [0, 0.05) is 30.1 Å². The number of carboxylic acids is 1. The van der Waals surface area contributed by atoms with E-state index in [0.29, 0.717) is 22.8 Å². The van der Waals surface area contributed by atoms with Crippen LogP contribution in [0.25, 0.3) is 0 Å². The quantitative estimate of drug-likeness (QED) is 0.363. The number of unbranched alkanes of at least 4 members (excludes halogenated alkanes) is 1. The van der Waals surface area contributed by atoms with Crippen LogP contribution in [-0.4, -0.2) is 40.6 Å². The molecule has 2 amide bonds. The Morgan fingerprint density at radius 2 is 1.82 bits per heavy atom. The average molecular weight is 634 g/mol. The van der Waals surface area contributed by atoms with E-state index >= 15 is 0 Å². The third kappa shape index (κ3) is 7.93. The van der Waals surface area contributed by atoms with E-state index in [1.165, 1.54) is 12.1 Å². The topological polar surface area (TPSA) is 102 Å². The summed E-state index contributed by atoms with van der Waals surface area (Å²) in [5, 5.41) is 13.2. The number of aliphatic carboxylic acids is 1. The van der Waals surface area contributed by atoms with Crippen LogP contribution in [0, 0.1) is 17.2 Å². The Labute approximate surface area is 287 Å². The SMILES string of the molecule is CCCC[C@H](c1ccc(C(=O)NCCC(=O)[O-])cc1)N1C(=O)C(c2ccc(F)c(Cl)c2)=NC12CCC(C(C)(C)CC)CC2.[Na+]. The van der Waals surface area contributed by atoms with Gasteiger partial charge in [0.15, 0.2) is 0 Å². The summed E-state index contributed by atoms with van der Waals surface area (Å²) in [6.45, 7) is 8.93. The molecule has 7 nitrogen and oxygen atoms in total. The smallest absolute Gasteiger partial charge is 0.550 e. The Morgan fingerprint density at radius 3 is 2.39 bits per heavy atom. The number of nitrogens with zero attached hydrogens (tertiary/aromatic N) is 2. The maximum atomic E-state index is 14.4. The third-order valence-corrected chi connectivity index (χ3v) is 9.79. The van der Waals surface area contributed by atoms with Crippen LogP contribution < -0.4 is 40.0 Å². The van der Waals surface area contributed by atoms with Crippen LogP contribution in [-0.2, 0) is 9.59 Å². The molecule has 0 unspecified atom stereocenters. The minimum atomic E-state index is -1.23. The van der Waals surface area contributed by atoms with E-state index in [1.807, 2.05) is 17.0 Å². The van der Waals surface area contributed by atoms with E-state index in [2.05, 4.69) is 33.0 Å². The van der Waals surface area contributed by atoms with Gasteiger partial charge in [-0.3, -0.25) is 14.6 Å². The largest absolute Gasteiger partial charge is 1.00 e. The fourth-order valence-electron chi connectivity index (χ4n) is 6.46. The van der Waals surface area contributed by atoms with E-state index in [-0.39, 0.29) is 70.8 Å². The maximum Gasteiger partial charge on any atom is 1.00 e. The monoisotopic (exact) mass is 633 g/mol. The molecule has 1 atom stereocenters. The number of rotatable bonds is 12. The van der Waals surface area contributed by atoms with Crippen molar-refractivity contribution in [1.82, 2.24) is 10.2 Å². The molecule has 1 fully saturated rings. The number of aliphatic imine (C=N–C) groups is 1. The number of carbonyl (C=O) groups excluding carboxylic acids is 3. The number of carbonyl (C=O) groups is 3. The van der Waals surface area contributed by atoms with Crippen LogP contribution in [0.2, 0.25) is 5.02 Å². The molecular formula is C34H42ClFN3NaO4. The number of carboxylic acid groups (broad SMARTS) is 1. The molecule has 2 aromatic rings. The first-order valence-corrected chi connectivity index (χ1v) is 15.8. The van der Waals surface area contributed by atoms with Gasteiger partial charge in [-0.1, -0.05) is 70.7 Å². The molecule has 1 heterocycles. The first kappa shape index (κ1) is 36.2. The number of amides is 2. The standard InChI is InChI=1S/C34H43ClFN3O4.Na/c1-5-7-8-28(22-9-11-23(12-10-22)31(42)37-20-17-29(40)41)39-32(43)30(24-13-14-27(36)26(35)21-24)38-34(39)18-15-25(16-19-34)33(3,4)6-2;/h9-14,21,25,28H,5-8,15-20H2,1-4H3,(H,37,42)(H,40,41);/q;+1/p-1/t25?,28-,34?;/m1./s1. The number of nitrogens with one attached hydrogen (secondary N) is 1. The minimum absolute atomic E-state index is 0. The molecule has 4 rings (SSSR count). The zero-order valence-corrected chi connectivity index (χ0v) is 29.3. The molecule has 44 heavy (non-hydrogen) atoms. The van der Waals surface area contributed by atoms with Gasteiger partial charge in [0.25, 0.3) is 11.8 Å². The van der Waals surface area contributed by atoms with Gasteiger partial charge in [-0.25, -0.2) is 4.39 Å². The second-order valence-electron chi connectivity index (χ2n) is 12.5. The Hall–Kier alpha value is -2.26. The van der Waals surface area contributed by atoms with Crippen molar-refractivity contribution in [2.75, 3.05) is 6.54 Å². The molecule has 0 bridgehead atoms. The minimum Gasteiger partial charge on any atom is -0.550 e. The number of halogens is 2. The van der Waals surface area contributed by atoms with Crippen molar-refractivity contribution >= 4 is 35.1 Å². The summed E-state index contributed by atoms with van der Waals surface area (Å²) >= 11 is 6.13. The first-order valence-electron chi connectivity index (χ1n) is 15.4. The molecule has 232 valence electrons. The van der Waals surface area contributed by atoms with Crippen molar-refractivity contribution in [3.8, 4) is 0 Å². The van der Waals surface area contributed by atoms with Crippen molar-refractivity contribution in [2.24, 2.45) is 16.3 Å². The predicted molar refractivity (Wildman–Crippen MR) is 164 cm³/mol. The summed E-state index contributed by atoms with van der Waals surface area (Å²) in [5.41, 5.74) is 1.57. The van der Waals surface area contributed by atoms with Gasteiger partial charge in [-0.15, -0.1) is 0 Å². The third-order valence-electron chi connectivity index (χ3n) is 9.50. The average Bonchev–Trinajstić information content (AvgIpc) is 3.26. The molecule has 1 N–H and O–H groups in total. The summed E-state index contributed by atoms with van der Waals surface area (Å²) in [7, 11) is 0. The zero-order valence-electron chi connectivity index (χ0n) is 26.6. The molecule has 0 saturated heterocycles. The van der Waals surface area contributed by atoms with E-state index in [1.54, 1.807) is 18.2 Å². The molecular weight excluding hydrogens is 592 g/mol. The first-order chi connectivity index (χ1) is 20.4. The summed E-state index contributed by atoms with van der Waals surface area (Å²) in [5.74, 6) is -1.82. The van der Waals surface area contributed by atoms with E-state index < -0.39 is 17.4 Å². The van der Waals surface area contributed by atoms with Gasteiger partial charge in [0.1, 0.15) is 17.2 Å². The fourth-order valence-corrected chi connectivity index (χ4v) is 6.64. The molecule has 1 saturated carbocycles. The maximum absolute atomic E-state index is 14.4. The molecule has 1 aliphatic heterocycles. The number of hydrogen-bond donors (Lipinski definition) is 1. The van der Waals surface area contributed by atoms with Crippen LogP contribution in [0.5, 0.6) is 0 Å². The van der Waals surface area contributed by atoms with E-state index in [0.717, 1.165) is 56.9 Å². The molecule has 0 radical (unpaired) electrons. The fraction of sp³-hybridized carbons (Fsp3) is 0.529. The predicted octanol–water partition coefficient (Wildman–Crippen LogP) is 3.24. The number of benzene rings is 2. The van der Waals surface area contributed by atoms with Gasteiger partial charge in [-0.05, 0) is 79.3 Å². The van der Waals surface area contributed by atoms with Crippen LogP contribution >= 0.6 is 11.6 Å². The van der Waals surface area contributed by atoms with Crippen molar-refractivity contribution in [1.29, 1.82) is 0 Å².